The summed E-state index contributed by atoms with van der Waals surface area (Å²) in [4.78, 5) is 18.2. The van der Waals surface area contributed by atoms with Gasteiger partial charge < -0.3 is 20.6 Å². The van der Waals surface area contributed by atoms with E-state index in [0.29, 0.717) is 13.1 Å². The number of rotatable bonds is 8. The molecule has 6 nitrogen and oxygen atoms in total. The van der Waals surface area contributed by atoms with Gasteiger partial charge in [0.15, 0.2) is 0 Å². The van der Waals surface area contributed by atoms with Crippen LogP contribution in [0.1, 0.15) is 55.6 Å². The van der Waals surface area contributed by atoms with Gasteiger partial charge in [0, 0.05) is 23.5 Å². The number of aryl methyl sites for hydroxylation is 6. The predicted molar refractivity (Wildman–Crippen MR) is 251 cm³/mol. The van der Waals surface area contributed by atoms with Crippen molar-refractivity contribution < 1.29 is 25.8 Å². The molecule has 0 N–H and O–H groups in total. The summed E-state index contributed by atoms with van der Waals surface area (Å²) in [7, 11) is 0. The average Bonchev–Trinajstić information content (AvgIpc) is 3.24. The molecule has 6 aromatic carbocycles. The Morgan fingerprint density at radius 2 is 0.705 bits per heavy atom. The fraction of sp³-hybridized carbons (Fsp3) is 0.148. The van der Waals surface area contributed by atoms with Gasteiger partial charge in [-0.1, -0.05) is 120 Å². The Hall–Kier alpha value is -6.31. The maximum atomic E-state index is 4.63. The average molecular weight is 966 g/mol. The Labute approximate surface area is 382 Å². The van der Waals surface area contributed by atoms with Gasteiger partial charge in [-0.05, 0) is 100 Å². The van der Waals surface area contributed by atoms with Crippen molar-refractivity contribution in [3.05, 3.63) is 250 Å². The van der Waals surface area contributed by atoms with E-state index in [-0.39, 0.29) is 25.8 Å². The van der Waals surface area contributed by atoms with Crippen molar-refractivity contribution in [1.82, 2.24) is 19.9 Å². The molecule has 0 spiro atoms. The van der Waals surface area contributed by atoms with E-state index in [1.807, 2.05) is 109 Å². The summed E-state index contributed by atoms with van der Waals surface area (Å²) in [5.41, 5.74) is 14.0. The summed E-state index contributed by atoms with van der Waals surface area (Å²) in [6.07, 6.45) is 3.57. The second kappa shape index (κ2) is 24.7. The van der Waals surface area contributed by atoms with Gasteiger partial charge in [-0.3, -0.25) is 9.97 Å². The molecule has 0 aliphatic rings. The topological polar surface area (TPSA) is 79.8 Å². The summed E-state index contributed by atoms with van der Waals surface area (Å²) in [6.45, 7) is 21.3. The third-order valence-corrected chi connectivity index (χ3v) is 9.30. The molecule has 7 heteroatoms. The molecule has 0 fully saturated rings. The van der Waals surface area contributed by atoms with Crippen LogP contribution in [0.15, 0.2) is 170 Å². The number of nitrogens with zero attached hydrogens (tertiary/aromatic N) is 6. The maximum Gasteiger partial charge on any atom is 4.00 e. The minimum Gasteiger partial charge on any atom is -0.461 e. The zero-order chi connectivity index (χ0) is 42.7. The van der Waals surface area contributed by atoms with Crippen molar-refractivity contribution in [3.63, 3.8) is 0 Å². The van der Waals surface area contributed by atoms with Crippen LogP contribution in [-0.4, -0.2) is 19.9 Å². The molecule has 304 valence electrons. The van der Waals surface area contributed by atoms with Crippen molar-refractivity contribution in [2.45, 2.75) is 54.6 Å². The molecule has 2 aromatic heterocycles. The maximum absolute atomic E-state index is 4.63. The molecule has 0 amide bonds. The van der Waals surface area contributed by atoms with Crippen LogP contribution in [0.5, 0.6) is 0 Å². The van der Waals surface area contributed by atoms with Gasteiger partial charge in [0.25, 0.3) is 0 Å². The van der Waals surface area contributed by atoms with Crippen molar-refractivity contribution >= 4 is 11.6 Å². The summed E-state index contributed by atoms with van der Waals surface area (Å²) < 4.78 is 0. The molecule has 8 rings (SSSR count). The van der Waals surface area contributed by atoms with E-state index >= 15 is 0 Å². The summed E-state index contributed by atoms with van der Waals surface area (Å²) in [5.74, 6) is 2.93. The molecule has 0 unspecified atom stereocenters. The SMILES string of the molecule is Cc1cc(C)c(-c2nccc([N-]Cc3ccccc3)n2)c(C)c1.Cc1cc(C)c(-c2nccc([N-]Cc3ccccc3)n2)c(C)c1.[CH2-]c1ccccc1.[CH2-]c1ccccc1.[Hf+4]. The van der Waals surface area contributed by atoms with Crippen LogP contribution in [0.25, 0.3) is 33.4 Å². The van der Waals surface area contributed by atoms with Gasteiger partial charge in [-0.2, -0.15) is 49.2 Å². The molecular formula is C54H54HfN6. The fourth-order valence-electron chi connectivity index (χ4n) is 6.65. The number of hydrogen-bond donors (Lipinski definition) is 0. The van der Waals surface area contributed by atoms with Crippen LogP contribution in [-0.2, 0) is 38.9 Å². The van der Waals surface area contributed by atoms with E-state index in [2.05, 4.69) is 134 Å². The van der Waals surface area contributed by atoms with E-state index < -0.39 is 0 Å². The second-order valence-electron chi connectivity index (χ2n) is 14.6. The van der Waals surface area contributed by atoms with Crippen LogP contribution >= 0.6 is 0 Å². The molecular weight excluding hydrogens is 911 g/mol. The van der Waals surface area contributed by atoms with Crippen LogP contribution in [0.4, 0.5) is 11.6 Å². The summed E-state index contributed by atoms with van der Waals surface area (Å²) in [6, 6.07) is 52.5. The Bertz CT molecular complexity index is 2290. The predicted octanol–water partition coefficient (Wildman–Crippen LogP) is 14.3. The smallest absolute Gasteiger partial charge is 0.461 e. The van der Waals surface area contributed by atoms with E-state index in [1.165, 1.54) is 44.5 Å². The largest absolute Gasteiger partial charge is 4.00 e. The molecule has 0 aliphatic heterocycles. The van der Waals surface area contributed by atoms with Crippen molar-refractivity contribution in [2.24, 2.45) is 0 Å². The van der Waals surface area contributed by atoms with Crippen LogP contribution in [0.2, 0.25) is 0 Å². The van der Waals surface area contributed by atoms with Crippen molar-refractivity contribution in [2.75, 3.05) is 0 Å². The molecule has 2 heterocycles. The minimum absolute atomic E-state index is 0. The molecule has 0 radical (unpaired) electrons. The molecule has 0 atom stereocenters. The summed E-state index contributed by atoms with van der Waals surface area (Å²) in [5, 5.41) is 9.18. The van der Waals surface area contributed by atoms with Gasteiger partial charge in [0.05, 0.1) is 11.6 Å². The quantitative estimate of drug-likeness (QED) is 0.112. The second-order valence-corrected chi connectivity index (χ2v) is 14.6. The van der Waals surface area contributed by atoms with E-state index in [1.54, 1.807) is 12.4 Å². The van der Waals surface area contributed by atoms with Crippen LogP contribution in [0, 0.1) is 55.4 Å². The van der Waals surface area contributed by atoms with E-state index in [0.717, 1.165) is 45.5 Å². The first-order valence-electron chi connectivity index (χ1n) is 20.0. The molecule has 0 saturated carbocycles. The number of hydrogen-bond acceptors (Lipinski definition) is 4. The van der Waals surface area contributed by atoms with Gasteiger partial charge in [0.1, 0.15) is 0 Å². The van der Waals surface area contributed by atoms with Crippen molar-refractivity contribution in [3.8, 4) is 22.8 Å². The Morgan fingerprint density at radius 1 is 0.410 bits per heavy atom. The standard InChI is InChI=1S/2C20H20N3.2C7H7.Hf/c2*1-14-11-15(2)19(16(3)12-14)20-21-10-9-18(23-20)22-13-17-7-5-4-6-8-17;2*1-7-5-3-2-4-6-7;/h2*4-12H,13H2,1-3H3;2*2-6H,1H2;/q4*-1;+4. The zero-order valence-electron chi connectivity index (χ0n) is 36.2. The third-order valence-electron chi connectivity index (χ3n) is 9.30. The van der Waals surface area contributed by atoms with Crippen LogP contribution < -0.4 is 0 Å². The Morgan fingerprint density at radius 3 is 0.984 bits per heavy atom. The van der Waals surface area contributed by atoms with E-state index in [4.69, 9.17) is 0 Å². The summed E-state index contributed by atoms with van der Waals surface area (Å²) >= 11 is 0. The van der Waals surface area contributed by atoms with Gasteiger partial charge >= 0.3 is 25.8 Å². The molecule has 0 bridgehead atoms. The normalized spacial score (nSPS) is 9.93. The minimum atomic E-state index is 0. The molecule has 0 aliphatic carbocycles. The van der Waals surface area contributed by atoms with Crippen molar-refractivity contribution in [1.29, 1.82) is 0 Å². The first-order chi connectivity index (χ1) is 29.0. The van der Waals surface area contributed by atoms with Gasteiger partial charge in [-0.15, -0.1) is 24.3 Å². The number of aromatic nitrogens is 4. The van der Waals surface area contributed by atoms with Crippen LogP contribution in [0.3, 0.4) is 0 Å². The monoisotopic (exact) mass is 966 g/mol. The van der Waals surface area contributed by atoms with Gasteiger partial charge in [-0.25, -0.2) is 0 Å². The number of benzene rings is 6. The Balaban J connectivity index is 0.000000202. The molecule has 61 heavy (non-hydrogen) atoms. The molecule has 0 saturated heterocycles. The van der Waals surface area contributed by atoms with E-state index in [9.17, 15) is 0 Å². The molecule has 8 aromatic rings. The van der Waals surface area contributed by atoms with Gasteiger partial charge in [0.2, 0.25) is 0 Å². The first kappa shape index (κ1) is 47.4. The first-order valence-corrected chi connectivity index (χ1v) is 20.0. The Kier molecular flexibility index (Phi) is 19.2. The fourth-order valence-corrected chi connectivity index (χ4v) is 6.65. The third kappa shape index (κ3) is 15.7. The zero-order valence-corrected chi connectivity index (χ0v) is 39.8.